The van der Waals surface area contributed by atoms with E-state index in [0.29, 0.717) is 6.42 Å². The molecule has 0 N–H and O–H groups in total. The minimum absolute atomic E-state index is 0.0291. The van der Waals surface area contributed by atoms with Crippen LogP contribution in [0.4, 0.5) is 0 Å². The lowest BCUT2D eigenvalue weighted by atomic mass is 10.1. The van der Waals surface area contributed by atoms with E-state index in [-0.39, 0.29) is 17.9 Å². The third-order valence-electron chi connectivity index (χ3n) is 1.50. The van der Waals surface area contributed by atoms with Gasteiger partial charge in [0.1, 0.15) is 5.78 Å². The average molecular weight is 200 g/mol. The van der Waals surface area contributed by atoms with E-state index in [2.05, 4.69) is 9.84 Å². The molecule has 0 atom stereocenters. The van der Waals surface area contributed by atoms with Crippen molar-refractivity contribution < 1.29 is 14.3 Å². The highest BCUT2D eigenvalue weighted by Crippen LogP contribution is 1.97. The van der Waals surface area contributed by atoms with Crippen molar-refractivity contribution in [3.63, 3.8) is 0 Å². The molecule has 0 amide bonds. The third-order valence-corrected chi connectivity index (χ3v) is 1.50. The standard InChI is InChI=1S/C9H16N2O3/c1-5-7(12)6-8(9(13)14-4)10-11(2)3/h5-6H2,1-4H3/b10-8-. The number of carbonyl (C=O) groups excluding carboxylic acids is 2. The minimum Gasteiger partial charge on any atom is -0.464 e. The molecule has 0 unspecified atom stereocenters. The fraction of sp³-hybridized carbons (Fsp3) is 0.667. The van der Waals surface area contributed by atoms with Crippen LogP contribution in [0.5, 0.6) is 0 Å². The van der Waals surface area contributed by atoms with Crippen molar-refractivity contribution in [1.29, 1.82) is 0 Å². The number of Topliss-reactive ketones (excluding diaryl/α,β-unsaturated/α-hetero) is 1. The molecule has 0 fully saturated rings. The summed E-state index contributed by atoms with van der Waals surface area (Å²) >= 11 is 0. The minimum atomic E-state index is -0.555. The third kappa shape index (κ3) is 4.59. The summed E-state index contributed by atoms with van der Waals surface area (Å²) in [5, 5.41) is 5.36. The van der Waals surface area contributed by atoms with Crippen molar-refractivity contribution in [2.75, 3.05) is 21.2 Å². The maximum absolute atomic E-state index is 11.2. The van der Waals surface area contributed by atoms with Gasteiger partial charge in [-0.25, -0.2) is 4.79 Å². The van der Waals surface area contributed by atoms with Gasteiger partial charge in [0.25, 0.3) is 0 Å². The van der Waals surface area contributed by atoms with E-state index in [1.807, 2.05) is 0 Å². The number of ether oxygens (including phenoxy) is 1. The highest BCUT2D eigenvalue weighted by molar-refractivity contribution is 6.39. The lowest BCUT2D eigenvalue weighted by molar-refractivity contribution is -0.133. The second-order valence-corrected chi connectivity index (χ2v) is 2.95. The zero-order valence-corrected chi connectivity index (χ0v) is 9.03. The topological polar surface area (TPSA) is 59.0 Å². The second-order valence-electron chi connectivity index (χ2n) is 2.95. The number of hydrogen-bond donors (Lipinski definition) is 0. The van der Waals surface area contributed by atoms with Crippen LogP contribution in [0, 0.1) is 0 Å². The Morgan fingerprint density at radius 2 is 1.93 bits per heavy atom. The van der Waals surface area contributed by atoms with Crippen LogP contribution in [0.15, 0.2) is 5.10 Å². The molecule has 14 heavy (non-hydrogen) atoms. The Labute approximate surface area is 83.7 Å². The van der Waals surface area contributed by atoms with Crippen LogP contribution in [0.3, 0.4) is 0 Å². The number of methoxy groups -OCH3 is 1. The SMILES string of the molecule is CCC(=O)C/C(=N/N(C)C)C(=O)OC. The molecular weight excluding hydrogens is 184 g/mol. The van der Waals surface area contributed by atoms with Crippen molar-refractivity contribution in [3.8, 4) is 0 Å². The van der Waals surface area contributed by atoms with Crippen LogP contribution in [0.1, 0.15) is 19.8 Å². The smallest absolute Gasteiger partial charge is 0.354 e. The molecule has 0 aliphatic carbocycles. The normalized spacial score (nSPS) is 11.0. The maximum atomic E-state index is 11.2. The molecule has 0 rings (SSSR count). The first-order valence-electron chi connectivity index (χ1n) is 4.36. The zero-order chi connectivity index (χ0) is 11.1. The van der Waals surface area contributed by atoms with Crippen molar-refractivity contribution in [2.45, 2.75) is 19.8 Å². The Hall–Kier alpha value is -1.39. The fourth-order valence-corrected chi connectivity index (χ4v) is 0.819. The fourth-order valence-electron chi connectivity index (χ4n) is 0.819. The van der Waals surface area contributed by atoms with E-state index in [1.165, 1.54) is 12.1 Å². The molecule has 5 nitrogen and oxygen atoms in total. The largest absolute Gasteiger partial charge is 0.464 e. The van der Waals surface area contributed by atoms with Gasteiger partial charge in [-0.05, 0) is 0 Å². The predicted molar refractivity (Wildman–Crippen MR) is 53.1 cm³/mol. The lowest BCUT2D eigenvalue weighted by Gasteiger charge is -2.08. The Bertz CT molecular complexity index is 246. The predicted octanol–water partition coefficient (Wildman–Crippen LogP) is 0.446. The molecule has 0 aromatic carbocycles. The van der Waals surface area contributed by atoms with Crippen LogP contribution in [-0.2, 0) is 14.3 Å². The summed E-state index contributed by atoms with van der Waals surface area (Å²) in [6, 6.07) is 0. The van der Waals surface area contributed by atoms with Gasteiger partial charge in [0.2, 0.25) is 0 Å². The van der Waals surface area contributed by atoms with Crippen molar-refractivity contribution in [3.05, 3.63) is 0 Å². The van der Waals surface area contributed by atoms with Gasteiger partial charge < -0.3 is 9.75 Å². The average Bonchev–Trinajstić information content (AvgIpc) is 2.14. The number of hydrazone groups is 1. The van der Waals surface area contributed by atoms with Crippen LogP contribution in [0.25, 0.3) is 0 Å². The van der Waals surface area contributed by atoms with E-state index < -0.39 is 5.97 Å². The molecule has 0 aromatic heterocycles. The molecule has 80 valence electrons. The van der Waals surface area contributed by atoms with Crippen LogP contribution in [0.2, 0.25) is 0 Å². The summed E-state index contributed by atoms with van der Waals surface area (Å²) in [6.07, 6.45) is 0.421. The van der Waals surface area contributed by atoms with Gasteiger partial charge in [0.05, 0.1) is 13.5 Å². The molecule has 0 radical (unpaired) electrons. The van der Waals surface area contributed by atoms with Gasteiger partial charge in [-0.1, -0.05) is 6.92 Å². The Kier molecular flexibility index (Phi) is 5.52. The number of rotatable bonds is 5. The van der Waals surface area contributed by atoms with E-state index in [0.717, 1.165) is 0 Å². The quantitative estimate of drug-likeness (QED) is 0.367. The maximum Gasteiger partial charge on any atom is 0.354 e. The zero-order valence-electron chi connectivity index (χ0n) is 9.03. The van der Waals surface area contributed by atoms with Gasteiger partial charge in [-0.15, -0.1) is 0 Å². The summed E-state index contributed by atoms with van der Waals surface area (Å²) < 4.78 is 4.51. The highest BCUT2D eigenvalue weighted by Gasteiger charge is 2.15. The van der Waals surface area contributed by atoms with E-state index in [1.54, 1.807) is 21.0 Å². The molecule has 0 heterocycles. The Morgan fingerprint density at radius 3 is 2.29 bits per heavy atom. The van der Waals surface area contributed by atoms with Crippen LogP contribution < -0.4 is 0 Å². The van der Waals surface area contributed by atoms with Crippen molar-refractivity contribution in [1.82, 2.24) is 5.01 Å². The lowest BCUT2D eigenvalue weighted by Crippen LogP contribution is -2.22. The van der Waals surface area contributed by atoms with Gasteiger partial charge in [0.15, 0.2) is 5.71 Å². The monoisotopic (exact) mass is 200 g/mol. The first-order valence-corrected chi connectivity index (χ1v) is 4.36. The van der Waals surface area contributed by atoms with E-state index in [9.17, 15) is 9.59 Å². The molecule has 0 spiro atoms. The summed E-state index contributed by atoms with van der Waals surface area (Å²) in [5.41, 5.74) is 0.143. The van der Waals surface area contributed by atoms with Crippen molar-refractivity contribution >= 4 is 17.5 Å². The second kappa shape index (κ2) is 6.12. The molecule has 5 heteroatoms. The van der Waals surface area contributed by atoms with Gasteiger partial charge >= 0.3 is 5.97 Å². The number of hydrogen-bond acceptors (Lipinski definition) is 5. The molecule has 0 aliphatic rings. The molecule has 0 saturated carbocycles. The first-order chi connectivity index (χ1) is 6.51. The summed E-state index contributed by atoms with van der Waals surface area (Å²) in [7, 11) is 4.63. The number of carbonyl (C=O) groups is 2. The number of ketones is 1. The van der Waals surface area contributed by atoms with Crippen LogP contribution in [-0.4, -0.2) is 43.7 Å². The number of nitrogens with zero attached hydrogens (tertiary/aromatic N) is 2. The van der Waals surface area contributed by atoms with Gasteiger partial charge in [-0.2, -0.15) is 5.10 Å². The van der Waals surface area contributed by atoms with Gasteiger partial charge in [-0.3, -0.25) is 4.79 Å². The summed E-state index contributed by atoms with van der Waals surface area (Å²) in [5.74, 6) is -0.587. The highest BCUT2D eigenvalue weighted by atomic mass is 16.5. The number of esters is 1. The van der Waals surface area contributed by atoms with Crippen LogP contribution >= 0.6 is 0 Å². The first kappa shape index (κ1) is 12.6. The molecule has 0 aliphatic heterocycles. The van der Waals surface area contributed by atoms with E-state index in [4.69, 9.17) is 0 Å². The molecule has 0 aromatic rings. The molecular formula is C9H16N2O3. The molecule has 0 bridgehead atoms. The summed E-state index contributed by atoms with van der Waals surface area (Å²) in [4.78, 5) is 22.3. The van der Waals surface area contributed by atoms with Crippen molar-refractivity contribution in [2.24, 2.45) is 5.10 Å². The molecule has 0 saturated heterocycles. The van der Waals surface area contributed by atoms with E-state index >= 15 is 0 Å². The van der Waals surface area contributed by atoms with Gasteiger partial charge in [0, 0.05) is 20.5 Å². The summed E-state index contributed by atoms with van der Waals surface area (Å²) in [6.45, 7) is 1.74. The Morgan fingerprint density at radius 1 is 1.36 bits per heavy atom. The Balaban J connectivity index is 4.57.